The zero-order chi connectivity index (χ0) is 30.3. The molecule has 3 aromatic heterocycles. The molecule has 1 aliphatic carbocycles. The van der Waals surface area contributed by atoms with Crippen molar-refractivity contribution in [3.63, 3.8) is 0 Å². The highest BCUT2D eigenvalue weighted by Crippen LogP contribution is 2.34. The zero-order valence-electron chi connectivity index (χ0n) is 24.7. The molecule has 3 atom stereocenters. The summed E-state index contributed by atoms with van der Waals surface area (Å²) in [5.41, 5.74) is 2.63. The van der Waals surface area contributed by atoms with Crippen molar-refractivity contribution in [2.75, 3.05) is 6.61 Å². The van der Waals surface area contributed by atoms with Gasteiger partial charge in [0.25, 0.3) is 5.91 Å². The Morgan fingerprint density at radius 1 is 1.20 bits per heavy atom. The van der Waals surface area contributed by atoms with Crippen molar-refractivity contribution >= 4 is 28.4 Å². The third kappa shape index (κ3) is 7.04. The van der Waals surface area contributed by atoms with Gasteiger partial charge in [-0.05, 0) is 64.7 Å². The Balaban J connectivity index is 0.000000598. The number of halogens is 2. The topological polar surface area (TPSA) is 95.1 Å². The van der Waals surface area contributed by atoms with E-state index in [9.17, 15) is 18.4 Å². The van der Waals surface area contributed by atoms with Crippen LogP contribution in [0.5, 0.6) is 11.5 Å². The van der Waals surface area contributed by atoms with Gasteiger partial charge < -0.3 is 19.2 Å². The quantitative estimate of drug-likeness (QED) is 0.229. The molecule has 1 N–H and O–H groups in total. The number of hydrogen-bond donors (Lipinski definition) is 1. The number of nitrogens with zero attached hydrogens (tertiary/aromatic N) is 2. The normalized spacial score (nSPS) is 16.5. The summed E-state index contributed by atoms with van der Waals surface area (Å²) in [6.45, 7) is 12.9. The first-order chi connectivity index (χ1) is 19.6. The lowest BCUT2D eigenvalue weighted by molar-refractivity contribution is 0.0525. The lowest BCUT2D eigenvalue weighted by atomic mass is 9.90. The Bertz CT molecular complexity index is 1490. The fraction of sp³-hybridized carbons (Fsp3) is 0.452. The van der Waals surface area contributed by atoms with Gasteiger partial charge in [0, 0.05) is 23.7 Å². The molecule has 1 saturated carbocycles. The van der Waals surface area contributed by atoms with Crippen LogP contribution in [-0.4, -0.2) is 46.5 Å². The minimum absolute atomic E-state index is 0.277. The van der Waals surface area contributed by atoms with Crippen LogP contribution >= 0.6 is 0 Å². The van der Waals surface area contributed by atoms with Crippen molar-refractivity contribution in [1.29, 1.82) is 0 Å². The molecule has 0 spiro atoms. The molecule has 2 unspecified atom stereocenters. The number of carbonyl (C=O) groups excluding carboxylic acids is 2. The van der Waals surface area contributed by atoms with Crippen LogP contribution in [0.4, 0.5) is 8.78 Å². The van der Waals surface area contributed by atoms with E-state index in [4.69, 9.17) is 13.9 Å². The molecular weight excluding hydrogens is 532 g/mol. The lowest BCUT2D eigenvalue weighted by Gasteiger charge is -2.30. The maximum Gasteiger partial charge on any atom is 0.340 e. The number of carbonyl (C=O) groups is 2. The van der Waals surface area contributed by atoms with E-state index in [1.807, 2.05) is 27.7 Å². The Morgan fingerprint density at radius 3 is 2.49 bits per heavy atom. The molecule has 1 amide bonds. The van der Waals surface area contributed by atoms with E-state index in [1.165, 1.54) is 0 Å². The van der Waals surface area contributed by atoms with Gasteiger partial charge in [0.15, 0.2) is 5.75 Å². The molecule has 0 aliphatic heterocycles. The van der Waals surface area contributed by atoms with Crippen LogP contribution in [0.1, 0.15) is 85.9 Å². The molecule has 10 heteroatoms. The predicted octanol–water partition coefficient (Wildman–Crippen LogP) is 7.68. The van der Waals surface area contributed by atoms with Gasteiger partial charge in [-0.15, -0.1) is 0 Å². The van der Waals surface area contributed by atoms with Gasteiger partial charge in [0.1, 0.15) is 28.8 Å². The van der Waals surface area contributed by atoms with Crippen LogP contribution in [-0.2, 0) is 4.74 Å². The summed E-state index contributed by atoms with van der Waals surface area (Å²) in [4.78, 5) is 25.0. The first-order valence-electron chi connectivity index (χ1n) is 14.1. The van der Waals surface area contributed by atoms with Gasteiger partial charge in [-0.3, -0.25) is 4.79 Å². The highest BCUT2D eigenvalue weighted by atomic mass is 19.1. The van der Waals surface area contributed by atoms with E-state index in [0.717, 1.165) is 0 Å². The molecule has 1 aromatic carbocycles. The minimum Gasteiger partial charge on any atom is -0.462 e. The Hall–Kier alpha value is -3.95. The van der Waals surface area contributed by atoms with Crippen LogP contribution in [0.2, 0.25) is 0 Å². The molecule has 4 aromatic rings. The molecular formula is C31H39F2N3O5. The summed E-state index contributed by atoms with van der Waals surface area (Å²) in [6, 6.07) is 6.44. The van der Waals surface area contributed by atoms with Gasteiger partial charge in [-0.1, -0.05) is 20.8 Å². The molecule has 0 bridgehead atoms. The number of amides is 1. The summed E-state index contributed by atoms with van der Waals surface area (Å²) in [5, 5.41) is 7.65. The average Bonchev–Trinajstić information content (AvgIpc) is 3.48. The minimum atomic E-state index is -0.999. The molecule has 0 radical (unpaired) electrons. The molecule has 1 aliphatic rings. The maximum absolute atomic E-state index is 13.6. The van der Waals surface area contributed by atoms with E-state index < -0.39 is 24.4 Å². The monoisotopic (exact) mass is 571 g/mol. The smallest absolute Gasteiger partial charge is 0.340 e. The SMILES string of the molecule is CC.CCOC(=O)c1cn2nccc(Oc3ccc4c(C(=O)NC5CCC5F)c(C)oc4c3)c2c1C.CC[C@@H](C)F. The first kappa shape index (κ1) is 31.6. The number of aryl methyl sites for hydroxylation is 2. The molecule has 1 fully saturated rings. The standard InChI is InChI=1S/C25H24FN3O5.C4H9F.C2H6/c1-4-32-25(31)17-12-29-23(13(17)2)20(9-10-27-29)34-15-5-6-16-21(11-15)33-14(3)22(16)24(30)28-19-8-7-18(19)26;1-3-4(2)5;1-2/h5-6,9-12,18-19H,4,7-8H2,1-3H3,(H,28,30);4H,3H2,1-2H3;1-2H3/t;4-;/m.1./s1. The Kier molecular flexibility index (Phi) is 10.9. The van der Waals surface area contributed by atoms with E-state index >= 15 is 0 Å². The predicted molar refractivity (Wildman–Crippen MR) is 155 cm³/mol. The fourth-order valence-corrected chi connectivity index (χ4v) is 4.25. The molecule has 8 nitrogen and oxygen atoms in total. The second kappa shape index (κ2) is 14.1. The van der Waals surface area contributed by atoms with E-state index in [-0.39, 0.29) is 12.5 Å². The van der Waals surface area contributed by atoms with Gasteiger partial charge in [-0.2, -0.15) is 5.10 Å². The second-order valence-corrected chi connectivity index (χ2v) is 9.53. The third-order valence-corrected chi connectivity index (χ3v) is 6.75. The molecule has 41 heavy (non-hydrogen) atoms. The van der Waals surface area contributed by atoms with Crippen molar-refractivity contribution in [2.45, 2.75) is 86.1 Å². The number of nitrogens with one attached hydrogen (secondary N) is 1. The number of fused-ring (bicyclic) bond motifs is 2. The summed E-state index contributed by atoms with van der Waals surface area (Å²) < 4.78 is 43.7. The van der Waals surface area contributed by atoms with Crippen molar-refractivity contribution in [3.05, 3.63) is 59.1 Å². The molecule has 0 saturated heterocycles. The van der Waals surface area contributed by atoms with Gasteiger partial charge >= 0.3 is 5.97 Å². The van der Waals surface area contributed by atoms with Crippen LogP contribution in [0.3, 0.4) is 0 Å². The van der Waals surface area contributed by atoms with Crippen LogP contribution in [0.25, 0.3) is 16.5 Å². The van der Waals surface area contributed by atoms with E-state index in [0.29, 0.717) is 69.7 Å². The fourth-order valence-electron chi connectivity index (χ4n) is 4.25. The second-order valence-electron chi connectivity index (χ2n) is 9.53. The average molecular weight is 572 g/mol. The summed E-state index contributed by atoms with van der Waals surface area (Å²) in [5.74, 6) is 0.677. The first-order valence-corrected chi connectivity index (χ1v) is 14.1. The number of alkyl halides is 2. The number of benzene rings is 1. The van der Waals surface area contributed by atoms with Gasteiger partial charge in [-0.25, -0.2) is 18.1 Å². The maximum atomic E-state index is 13.6. The number of ether oxygens (including phenoxy) is 2. The zero-order valence-corrected chi connectivity index (χ0v) is 24.7. The molecule has 5 rings (SSSR count). The number of esters is 1. The highest BCUT2D eigenvalue weighted by Gasteiger charge is 2.33. The number of furan rings is 1. The largest absolute Gasteiger partial charge is 0.462 e. The third-order valence-electron chi connectivity index (χ3n) is 6.75. The Labute approximate surface area is 239 Å². The van der Waals surface area contributed by atoms with Crippen molar-refractivity contribution in [1.82, 2.24) is 14.9 Å². The van der Waals surface area contributed by atoms with E-state index in [1.54, 1.807) is 61.9 Å². The number of rotatable bonds is 7. The van der Waals surface area contributed by atoms with Crippen LogP contribution in [0, 0.1) is 13.8 Å². The Morgan fingerprint density at radius 2 is 1.90 bits per heavy atom. The lowest BCUT2D eigenvalue weighted by Crippen LogP contribution is -2.48. The van der Waals surface area contributed by atoms with Gasteiger partial charge in [0.05, 0.1) is 36.1 Å². The summed E-state index contributed by atoms with van der Waals surface area (Å²) in [7, 11) is 0. The van der Waals surface area contributed by atoms with Gasteiger partial charge in [0.2, 0.25) is 0 Å². The number of hydrogen-bond acceptors (Lipinski definition) is 6. The molecule has 222 valence electrons. The van der Waals surface area contributed by atoms with Crippen molar-refractivity contribution in [3.8, 4) is 11.5 Å². The number of aromatic nitrogens is 2. The van der Waals surface area contributed by atoms with Crippen molar-refractivity contribution in [2.24, 2.45) is 0 Å². The van der Waals surface area contributed by atoms with Crippen LogP contribution < -0.4 is 10.1 Å². The highest BCUT2D eigenvalue weighted by molar-refractivity contribution is 6.07. The summed E-state index contributed by atoms with van der Waals surface area (Å²) in [6.07, 6.45) is 3.33. The summed E-state index contributed by atoms with van der Waals surface area (Å²) >= 11 is 0. The van der Waals surface area contributed by atoms with Crippen molar-refractivity contribution < 1.29 is 32.3 Å². The van der Waals surface area contributed by atoms with E-state index in [2.05, 4.69) is 10.4 Å². The molecule has 3 heterocycles. The van der Waals surface area contributed by atoms with Crippen LogP contribution in [0.15, 0.2) is 41.1 Å².